The summed E-state index contributed by atoms with van der Waals surface area (Å²) < 4.78 is 10.6. The van der Waals surface area contributed by atoms with Gasteiger partial charge in [0.1, 0.15) is 11.7 Å². The van der Waals surface area contributed by atoms with E-state index in [1.807, 2.05) is 25.1 Å². The Bertz CT molecular complexity index is 719. The van der Waals surface area contributed by atoms with Crippen LogP contribution in [0.25, 0.3) is 5.57 Å². The summed E-state index contributed by atoms with van der Waals surface area (Å²) in [6.07, 6.45) is 0. The standard InChI is InChI=1S/C16H21N5O2/c1-9(17)14(15-19-10(2)20-16(18-3)21-15)11-6-7-12(22-4)13(8-11)23-5/h6-8,17H,1-5H3,(H2,18,19,20,21)/b15-14+,17-9?. The highest BCUT2D eigenvalue weighted by molar-refractivity contribution is 6.23. The molecule has 1 aliphatic heterocycles. The minimum atomic E-state index is 0.383. The molecule has 0 saturated carbocycles. The van der Waals surface area contributed by atoms with Crippen molar-refractivity contribution < 1.29 is 9.47 Å². The molecule has 0 spiro atoms. The third-order valence-corrected chi connectivity index (χ3v) is 3.30. The smallest absolute Gasteiger partial charge is 0.203 e. The number of ether oxygens (including phenoxy) is 2. The molecule has 7 heteroatoms. The largest absolute Gasteiger partial charge is 0.493 e. The molecule has 1 aromatic rings. The summed E-state index contributed by atoms with van der Waals surface area (Å²) in [4.78, 5) is 8.66. The van der Waals surface area contributed by atoms with Gasteiger partial charge in [-0.05, 0) is 31.5 Å². The summed E-state index contributed by atoms with van der Waals surface area (Å²) in [6, 6.07) is 5.51. The van der Waals surface area contributed by atoms with E-state index in [2.05, 4.69) is 20.6 Å². The highest BCUT2D eigenvalue weighted by Gasteiger charge is 2.18. The van der Waals surface area contributed by atoms with E-state index in [0.29, 0.717) is 40.4 Å². The van der Waals surface area contributed by atoms with Gasteiger partial charge in [-0.25, -0.2) is 4.99 Å². The summed E-state index contributed by atoms with van der Waals surface area (Å²) >= 11 is 0. The lowest BCUT2D eigenvalue weighted by molar-refractivity contribution is 0.355. The first-order valence-electron chi connectivity index (χ1n) is 7.11. The highest BCUT2D eigenvalue weighted by atomic mass is 16.5. The van der Waals surface area contributed by atoms with Gasteiger partial charge in [-0.3, -0.25) is 0 Å². The average Bonchev–Trinajstić information content (AvgIpc) is 2.53. The molecule has 1 aliphatic rings. The van der Waals surface area contributed by atoms with Gasteiger partial charge < -0.3 is 25.5 Å². The van der Waals surface area contributed by atoms with E-state index >= 15 is 0 Å². The molecule has 0 amide bonds. The first-order chi connectivity index (χ1) is 11.0. The van der Waals surface area contributed by atoms with Crippen molar-refractivity contribution >= 4 is 23.1 Å². The van der Waals surface area contributed by atoms with Crippen LogP contribution in [-0.2, 0) is 0 Å². The van der Waals surface area contributed by atoms with Crippen LogP contribution in [0.3, 0.4) is 0 Å². The van der Waals surface area contributed by atoms with Crippen molar-refractivity contribution in [2.45, 2.75) is 13.8 Å². The van der Waals surface area contributed by atoms with Gasteiger partial charge in [0.15, 0.2) is 11.5 Å². The number of nitrogens with zero attached hydrogens (tertiary/aromatic N) is 2. The zero-order chi connectivity index (χ0) is 17.0. The van der Waals surface area contributed by atoms with Crippen molar-refractivity contribution in [3.63, 3.8) is 0 Å². The molecular formula is C16H21N5O2. The SMILES string of the molecule is CNC1=NC(C)=N/C(=C(/C(C)=N)c2ccc(OC)c(OC)c2)N1. The summed E-state index contributed by atoms with van der Waals surface area (Å²) in [5, 5.41) is 14.2. The summed E-state index contributed by atoms with van der Waals surface area (Å²) in [7, 11) is 4.94. The van der Waals surface area contributed by atoms with Crippen LogP contribution in [0, 0.1) is 5.41 Å². The molecule has 0 bridgehead atoms. The Kier molecular flexibility index (Phi) is 5.00. The second kappa shape index (κ2) is 6.95. The average molecular weight is 315 g/mol. The van der Waals surface area contributed by atoms with E-state index in [-0.39, 0.29) is 0 Å². The van der Waals surface area contributed by atoms with E-state index in [1.54, 1.807) is 28.2 Å². The molecular weight excluding hydrogens is 294 g/mol. The maximum atomic E-state index is 8.14. The maximum Gasteiger partial charge on any atom is 0.203 e. The van der Waals surface area contributed by atoms with Gasteiger partial charge in [-0.15, -0.1) is 0 Å². The number of benzene rings is 1. The molecule has 0 unspecified atom stereocenters. The molecule has 0 radical (unpaired) electrons. The van der Waals surface area contributed by atoms with Crippen molar-refractivity contribution in [1.82, 2.24) is 10.6 Å². The minimum absolute atomic E-state index is 0.383. The Morgan fingerprint density at radius 2 is 1.87 bits per heavy atom. The normalized spacial score (nSPS) is 15.9. The fourth-order valence-electron chi connectivity index (χ4n) is 2.28. The van der Waals surface area contributed by atoms with Crippen LogP contribution < -0.4 is 20.1 Å². The number of guanidine groups is 1. The van der Waals surface area contributed by atoms with Crippen molar-refractivity contribution in [1.29, 1.82) is 5.41 Å². The Balaban J connectivity index is 2.58. The molecule has 0 atom stereocenters. The fraction of sp³-hybridized carbons (Fsp3) is 0.312. The Hall–Kier alpha value is -2.83. The molecule has 1 heterocycles. The van der Waals surface area contributed by atoms with Crippen LogP contribution in [0.5, 0.6) is 11.5 Å². The molecule has 0 aromatic heterocycles. The molecule has 0 fully saturated rings. The van der Waals surface area contributed by atoms with Crippen LogP contribution in [0.2, 0.25) is 0 Å². The van der Waals surface area contributed by atoms with Gasteiger partial charge in [0.25, 0.3) is 0 Å². The van der Waals surface area contributed by atoms with Gasteiger partial charge in [-0.1, -0.05) is 6.07 Å². The third kappa shape index (κ3) is 3.50. The molecule has 2 rings (SSSR count). The van der Waals surface area contributed by atoms with Crippen molar-refractivity contribution in [2.75, 3.05) is 21.3 Å². The van der Waals surface area contributed by atoms with E-state index in [1.165, 1.54) is 0 Å². The van der Waals surface area contributed by atoms with Crippen LogP contribution in [-0.4, -0.2) is 38.8 Å². The van der Waals surface area contributed by atoms with E-state index in [0.717, 1.165) is 5.56 Å². The zero-order valence-electron chi connectivity index (χ0n) is 13.9. The predicted octanol–water partition coefficient (Wildman–Crippen LogP) is 2.01. The van der Waals surface area contributed by atoms with Gasteiger partial charge in [0.2, 0.25) is 5.96 Å². The van der Waals surface area contributed by atoms with Crippen LogP contribution in [0.15, 0.2) is 34.0 Å². The molecule has 0 aliphatic carbocycles. The number of nitrogens with one attached hydrogen (secondary N) is 3. The quantitative estimate of drug-likeness (QED) is 0.741. The van der Waals surface area contributed by atoms with E-state index in [4.69, 9.17) is 14.9 Å². The fourth-order valence-corrected chi connectivity index (χ4v) is 2.28. The monoisotopic (exact) mass is 315 g/mol. The molecule has 3 N–H and O–H groups in total. The van der Waals surface area contributed by atoms with Gasteiger partial charge >= 0.3 is 0 Å². The first-order valence-corrected chi connectivity index (χ1v) is 7.11. The van der Waals surface area contributed by atoms with Crippen LogP contribution >= 0.6 is 0 Å². The molecule has 0 saturated heterocycles. The summed E-state index contributed by atoms with van der Waals surface area (Å²) in [6.45, 7) is 3.53. The number of amidine groups is 1. The summed E-state index contributed by atoms with van der Waals surface area (Å²) in [5.41, 5.74) is 1.87. The van der Waals surface area contributed by atoms with Crippen LogP contribution in [0.1, 0.15) is 19.4 Å². The van der Waals surface area contributed by atoms with Crippen molar-refractivity contribution in [2.24, 2.45) is 9.98 Å². The van der Waals surface area contributed by atoms with Crippen LogP contribution in [0.4, 0.5) is 0 Å². The molecule has 7 nitrogen and oxygen atoms in total. The van der Waals surface area contributed by atoms with Crippen molar-refractivity contribution in [3.05, 3.63) is 29.6 Å². The zero-order valence-corrected chi connectivity index (χ0v) is 13.9. The number of hydrogen-bond acceptors (Lipinski definition) is 7. The second-order valence-electron chi connectivity index (χ2n) is 4.91. The Morgan fingerprint density at radius 1 is 1.17 bits per heavy atom. The topological polar surface area (TPSA) is 91.1 Å². The lowest BCUT2D eigenvalue weighted by Crippen LogP contribution is -2.37. The van der Waals surface area contributed by atoms with Gasteiger partial charge in [0, 0.05) is 18.3 Å². The lowest BCUT2D eigenvalue weighted by Gasteiger charge is -2.19. The Labute approximate surface area is 135 Å². The number of allylic oxidation sites excluding steroid dienone is 1. The molecule has 1 aromatic carbocycles. The number of rotatable bonds is 4. The number of aliphatic imine (C=N–C) groups is 2. The molecule has 23 heavy (non-hydrogen) atoms. The lowest BCUT2D eigenvalue weighted by atomic mass is 10.0. The minimum Gasteiger partial charge on any atom is -0.493 e. The van der Waals surface area contributed by atoms with Crippen molar-refractivity contribution in [3.8, 4) is 11.5 Å². The van der Waals surface area contributed by atoms with E-state index in [9.17, 15) is 0 Å². The number of hydrogen-bond donors (Lipinski definition) is 3. The van der Waals surface area contributed by atoms with E-state index < -0.39 is 0 Å². The molecule has 122 valence electrons. The second-order valence-corrected chi connectivity index (χ2v) is 4.91. The predicted molar refractivity (Wildman–Crippen MR) is 92.6 cm³/mol. The van der Waals surface area contributed by atoms with Gasteiger partial charge in [-0.2, -0.15) is 4.99 Å². The first kappa shape index (κ1) is 16.5. The van der Waals surface area contributed by atoms with Gasteiger partial charge in [0.05, 0.1) is 14.2 Å². The third-order valence-electron chi connectivity index (χ3n) is 3.30. The highest BCUT2D eigenvalue weighted by Crippen LogP contribution is 2.32. The Morgan fingerprint density at radius 3 is 2.43 bits per heavy atom. The summed E-state index contributed by atoms with van der Waals surface area (Å²) in [5.74, 6) is 3.01. The number of methoxy groups -OCH3 is 2. The maximum absolute atomic E-state index is 8.14.